The molecule has 0 saturated carbocycles. The summed E-state index contributed by atoms with van der Waals surface area (Å²) in [6.07, 6.45) is 5.17. The average Bonchev–Trinajstić information content (AvgIpc) is 2.71. The number of carbonyl (C=O) groups excluding carboxylic acids is 4. The summed E-state index contributed by atoms with van der Waals surface area (Å²) in [7, 11) is 0. The van der Waals surface area contributed by atoms with Crippen molar-refractivity contribution < 1.29 is 28.7 Å². The van der Waals surface area contributed by atoms with Crippen molar-refractivity contribution in [2.45, 2.75) is 111 Å². The molecular weight excluding hydrogens is 462 g/mol. The monoisotopic (exact) mass is 509 g/mol. The smallest absolute Gasteiger partial charge is 0.410 e. The molecule has 2 aliphatic heterocycles. The van der Waals surface area contributed by atoms with Crippen LogP contribution in [0.25, 0.3) is 0 Å². The maximum atomic E-state index is 13.0. The van der Waals surface area contributed by atoms with Gasteiger partial charge in [-0.15, -0.1) is 0 Å². The number of likely N-dealkylation sites (tertiary alicyclic amines) is 2. The van der Waals surface area contributed by atoms with Crippen LogP contribution in [0, 0.1) is 11.8 Å². The fraction of sp³-hybridized carbons (Fsp3) is 0.852. The van der Waals surface area contributed by atoms with Crippen LogP contribution in [-0.2, 0) is 23.9 Å². The lowest BCUT2D eigenvalue weighted by Crippen LogP contribution is -2.48. The van der Waals surface area contributed by atoms with E-state index in [0.717, 1.165) is 38.5 Å². The van der Waals surface area contributed by atoms with Gasteiger partial charge >= 0.3 is 12.1 Å². The highest BCUT2D eigenvalue weighted by Gasteiger charge is 2.32. The number of rotatable bonds is 8. The molecule has 1 N–H and O–H groups in total. The Bertz CT molecular complexity index is 777. The molecule has 0 radical (unpaired) electrons. The van der Waals surface area contributed by atoms with Gasteiger partial charge in [0.05, 0.1) is 13.0 Å². The van der Waals surface area contributed by atoms with Gasteiger partial charge in [-0.3, -0.25) is 14.4 Å². The number of esters is 1. The number of amides is 3. The minimum atomic E-state index is -0.564. The van der Waals surface area contributed by atoms with E-state index in [-0.39, 0.29) is 48.8 Å². The van der Waals surface area contributed by atoms with Crippen LogP contribution < -0.4 is 5.32 Å². The second-order valence-corrected chi connectivity index (χ2v) is 12.3. The molecule has 2 aliphatic rings. The van der Waals surface area contributed by atoms with Gasteiger partial charge in [0.15, 0.2) is 0 Å². The predicted molar refractivity (Wildman–Crippen MR) is 137 cm³/mol. The molecular formula is C27H47N3O6. The molecule has 0 bridgehead atoms. The summed E-state index contributed by atoms with van der Waals surface area (Å²) in [5.41, 5.74) is -1.06. The van der Waals surface area contributed by atoms with E-state index < -0.39 is 11.2 Å². The van der Waals surface area contributed by atoms with Crippen LogP contribution in [-0.4, -0.2) is 77.1 Å². The van der Waals surface area contributed by atoms with E-state index in [1.54, 1.807) is 37.5 Å². The molecule has 0 aromatic carbocycles. The Morgan fingerprint density at radius 3 is 2.14 bits per heavy atom. The average molecular weight is 510 g/mol. The van der Waals surface area contributed by atoms with Gasteiger partial charge in [0.25, 0.3) is 0 Å². The van der Waals surface area contributed by atoms with Crippen LogP contribution in [0.3, 0.4) is 0 Å². The summed E-state index contributed by atoms with van der Waals surface area (Å²) in [5.74, 6) is -0.142. The number of carbonyl (C=O) groups is 4. The van der Waals surface area contributed by atoms with Crippen molar-refractivity contribution in [3.8, 4) is 0 Å². The van der Waals surface area contributed by atoms with Crippen molar-refractivity contribution >= 4 is 23.9 Å². The first-order valence-corrected chi connectivity index (χ1v) is 13.4. The van der Waals surface area contributed by atoms with Gasteiger partial charge in [-0.05, 0) is 92.9 Å². The van der Waals surface area contributed by atoms with E-state index in [9.17, 15) is 19.2 Å². The standard InChI is InChI=1S/C27H47N3O6/c1-19(17-23(32)35-26(2,3)4)28-22(31)18-30-14-8-9-21(24(30)33)11-10-20-12-15-29(16-13-20)25(34)36-27(5,6)7/h19-21H,8-18H2,1-7H3,(H,28,31)/t19-,21+/m1/s1. The van der Waals surface area contributed by atoms with Crippen molar-refractivity contribution in [3.63, 3.8) is 0 Å². The highest BCUT2D eigenvalue weighted by Crippen LogP contribution is 2.29. The van der Waals surface area contributed by atoms with E-state index in [2.05, 4.69) is 5.32 Å². The molecule has 2 rings (SSSR count). The molecule has 2 saturated heterocycles. The molecule has 36 heavy (non-hydrogen) atoms. The fourth-order valence-corrected chi connectivity index (χ4v) is 4.79. The second kappa shape index (κ2) is 12.8. The first-order valence-electron chi connectivity index (χ1n) is 13.4. The Morgan fingerprint density at radius 2 is 1.56 bits per heavy atom. The van der Waals surface area contributed by atoms with Crippen molar-refractivity contribution in [2.75, 3.05) is 26.2 Å². The van der Waals surface area contributed by atoms with E-state index in [1.807, 2.05) is 20.8 Å². The number of piperidine rings is 2. The van der Waals surface area contributed by atoms with Crippen molar-refractivity contribution in [2.24, 2.45) is 11.8 Å². The van der Waals surface area contributed by atoms with Crippen LogP contribution in [0.15, 0.2) is 0 Å². The van der Waals surface area contributed by atoms with E-state index >= 15 is 0 Å². The Labute approximate surface area is 216 Å². The number of nitrogens with zero attached hydrogens (tertiary/aromatic N) is 2. The molecule has 2 fully saturated rings. The van der Waals surface area contributed by atoms with Crippen LogP contribution in [0.5, 0.6) is 0 Å². The van der Waals surface area contributed by atoms with Gasteiger partial charge in [-0.1, -0.05) is 0 Å². The fourth-order valence-electron chi connectivity index (χ4n) is 4.79. The maximum absolute atomic E-state index is 13.0. The van der Waals surface area contributed by atoms with Crippen LogP contribution >= 0.6 is 0 Å². The quantitative estimate of drug-likeness (QED) is 0.498. The van der Waals surface area contributed by atoms with Crippen LogP contribution in [0.4, 0.5) is 4.79 Å². The summed E-state index contributed by atoms with van der Waals surface area (Å²) in [5, 5.41) is 2.81. The first-order chi connectivity index (χ1) is 16.6. The molecule has 3 amide bonds. The van der Waals surface area contributed by atoms with E-state index in [1.165, 1.54) is 0 Å². The molecule has 0 spiro atoms. The van der Waals surface area contributed by atoms with Crippen molar-refractivity contribution in [1.82, 2.24) is 15.1 Å². The Morgan fingerprint density at radius 1 is 0.944 bits per heavy atom. The topological polar surface area (TPSA) is 105 Å². The Balaban J connectivity index is 1.73. The molecule has 2 heterocycles. The summed E-state index contributed by atoms with van der Waals surface area (Å²) in [6, 6.07) is -0.366. The summed E-state index contributed by atoms with van der Waals surface area (Å²) < 4.78 is 10.8. The third-order valence-corrected chi connectivity index (χ3v) is 6.47. The van der Waals surface area contributed by atoms with Gasteiger partial charge < -0.3 is 24.6 Å². The Kier molecular flexibility index (Phi) is 10.6. The zero-order valence-electron chi connectivity index (χ0n) is 23.4. The third kappa shape index (κ3) is 10.7. The van der Waals surface area contributed by atoms with Crippen molar-refractivity contribution in [1.29, 1.82) is 0 Å². The predicted octanol–water partition coefficient (Wildman–Crippen LogP) is 3.89. The lowest BCUT2D eigenvalue weighted by Gasteiger charge is -2.35. The normalized spacial score (nSPS) is 20.6. The molecule has 9 nitrogen and oxygen atoms in total. The highest BCUT2D eigenvalue weighted by molar-refractivity contribution is 5.86. The van der Waals surface area contributed by atoms with Crippen molar-refractivity contribution in [3.05, 3.63) is 0 Å². The largest absolute Gasteiger partial charge is 0.460 e. The van der Waals surface area contributed by atoms with Gasteiger partial charge in [0.2, 0.25) is 11.8 Å². The van der Waals surface area contributed by atoms with Gasteiger partial charge in [0, 0.05) is 31.6 Å². The zero-order valence-corrected chi connectivity index (χ0v) is 23.4. The van der Waals surface area contributed by atoms with Crippen LogP contribution in [0.2, 0.25) is 0 Å². The van der Waals surface area contributed by atoms with Gasteiger partial charge in [0.1, 0.15) is 11.2 Å². The maximum Gasteiger partial charge on any atom is 0.410 e. The second-order valence-electron chi connectivity index (χ2n) is 12.3. The number of hydrogen-bond donors (Lipinski definition) is 1. The summed E-state index contributed by atoms with van der Waals surface area (Å²) >= 11 is 0. The molecule has 0 unspecified atom stereocenters. The Hall–Kier alpha value is -2.32. The lowest BCUT2D eigenvalue weighted by atomic mass is 9.85. The van der Waals surface area contributed by atoms with Crippen LogP contribution in [0.1, 0.15) is 93.4 Å². The lowest BCUT2D eigenvalue weighted by molar-refractivity contribution is -0.155. The molecule has 9 heteroatoms. The van der Waals surface area contributed by atoms with E-state index in [0.29, 0.717) is 25.6 Å². The number of hydrogen-bond acceptors (Lipinski definition) is 6. The molecule has 0 aromatic heterocycles. The minimum Gasteiger partial charge on any atom is -0.460 e. The van der Waals surface area contributed by atoms with E-state index in [4.69, 9.17) is 9.47 Å². The molecule has 0 aliphatic carbocycles. The number of nitrogens with one attached hydrogen (secondary N) is 1. The summed E-state index contributed by atoms with van der Waals surface area (Å²) in [6.45, 7) is 14.8. The summed E-state index contributed by atoms with van der Waals surface area (Å²) in [4.78, 5) is 53.2. The van der Waals surface area contributed by atoms with Gasteiger partial charge in [-0.2, -0.15) is 0 Å². The molecule has 0 aromatic rings. The first kappa shape index (κ1) is 29.9. The van der Waals surface area contributed by atoms with Gasteiger partial charge in [-0.25, -0.2) is 4.79 Å². The number of ether oxygens (including phenoxy) is 2. The molecule has 2 atom stereocenters. The molecule has 206 valence electrons. The third-order valence-electron chi connectivity index (χ3n) is 6.47. The zero-order chi connectivity index (χ0) is 27.1. The highest BCUT2D eigenvalue weighted by atomic mass is 16.6. The minimum absolute atomic E-state index is 0.0161. The SMILES string of the molecule is C[C@H](CC(=O)OC(C)(C)C)NC(=O)CN1CCC[C@@H](CCC2CCN(C(=O)OC(C)(C)C)CC2)C1=O.